The first kappa shape index (κ1) is 19.8. The van der Waals surface area contributed by atoms with Gasteiger partial charge in [0.2, 0.25) is 5.91 Å². The summed E-state index contributed by atoms with van der Waals surface area (Å²) in [5.41, 5.74) is 1.28. The summed E-state index contributed by atoms with van der Waals surface area (Å²) in [6.45, 7) is 6.26. The summed E-state index contributed by atoms with van der Waals surface area (Å²) in [5.74, 6) is -0.644. The van der Waals surface area contributed by atoms with Crippen LogP contribution in [0.15, 0.2) is 24.3 Å². The Balaban J connectivity index is 1.32. The van der Waals surface area contributed by atoms with Gasteiger partial charge in [-0.1, -0.05) is 6.07 Å². The fraction of sp³-hybridized carbons (Fsp3) is 0.571. The molecule has 8 heteroatoms. The lowest BCUT2D eigenvalue weighted by Crippen LogP contribution is -2.48. The molecule has 3 amide bonds. The lowest BCUT2D eigenvalue weighted by Gasteiger charge is -2.36. The minimum atomic E-state index is -0.621. The molecule has 1 N–H and O–H groups in total. The zero-order valence-electron chi connectivity index (χ0n) is 16.6. The predicted octanol–water partition coefficient (Wildman–Crippen LogP) is 0.933. The van der Waals surface area contributed by atoms with E-state index in [1.807, 2.05) is 6.07 Å². The van der Waals surface area contributed by atoms with Gasteiger partial charge in [0, 0.05) is 57.1 Å². The summed E-state index contributed by atoms with van der Waals surface area (Å²) in [6, 6.07) is 7.08. The van der Waals surface area contributed by atoms with E-state index in [9.17, 15) is 14.4 Å². The zero-order chi connectivity index (χ0) is 20.2. The molecule has 0 unspecified atom stereocenters. The lowest BCUT2D eigenvalue weighted by molar-refractivity contribution is -0.144. The topological polar surface area (TPSA) is 82.2 Å². The second-order valence-electron chi connectivity index (χ2n) is 7.97. The fourth-order valence-electron chi connectivity index (χ4n) is 4.22. The van der Waals surface area contributed by atoms with Gasteiger partial charge in [-0.2, -0.15) is 0 Å². The molecule has 29 heavy (non-hydrogen) atoms. The number of nitrogens with one attached hydrogen (secondary N) is 1. The summed E-state index contributed by atoms with van der Waals surface area (Å²) < 4.78 is 5.40. The largest absolute Gasteiger partial charge is 0.379 e. The van der Waals surface area contributed by atoms with Gasteiger partial charge in [-0.3, -0.25) is 19.3 Å². The molecule has 3 aliphatic rings. The van der Waals surface area contributed by atoms with Crippen LogP contribution in [0, 0.1) is 5.92 Å². The number of β-lactam (4-membered cyclic amide) rings is 1. The van der Waals surface area contributed by atoms with Crippen molar-refractivity contribution in [2.24, 2.45) is 5.92 Å². The van der Waals surface area contributed by atoms with Crippen molar-refractivity contribution in [2.75, 3.05) is 62.7 Å². The normalized spacial score (nSPS) is 22.9. The quantitative estimate of drug-likeness (QED) is 0.601. The SMILES string of the molecule is O=C(Nc1cccc(N2CCC2=O)c1)C(=O)N1CCC[C@H](CN2CCOCC2)C1. The van der Waals surface area contributed by atoms with E-state index < -0.39 is 11.8 Å². The first-order valence-electron chi connectivity index (χ1n) is 10.4. The van der Waals surface area contributed by atoms with Crippen LogP contribution in [0.25, 0.3) is 0 Å². The number of morpholine rings is 1. The Bertz CT molecular complexity index is 778. The Morgan fingerprint density at radius 2 is 1.97 bits per heavy atom. The van der Waals surface area contributed by atoms with Crippen molar-refractivity contribution in [3.63, 3.8) is 0 Å². The molecule has 3 fully saturated rings. The van der Waals surface area contributed by atoms with E-state index in [2.05, 4.69) is 10.2 Å². The van der Waals surface area contributed by atoms with Crippen LogP contribution in [0.3, 0.4) is 0 Å². The Kier molecular flexibility index (Phi) is 6.10. The monoisotopic (exact) mass is 400 g/mol. The van der Waals surface area contributed by atoms with Crippen molar-refractivity contribution < 1.29 is 19.1 Å². The van der Waals surface area contributed by atoms with Crippen molar-refractivity contribution in [1.82, 2.24) is 9.80 Å². The Morgan fingerprint density at radius 1 is 1.14 bits per heavy atom. The van der Waals surface area contributed by atoms with Crippen molar-refractivity contribution in [3.8, 4) is 0 Å². The number of carbonyl (C=O) groups is 3. The van der Waals surface area contributed by atoms with Crippen LogP contribution in [-0.2, 0) is 19.1 Å². The number of hydrogen-bond acceptors (Lipinski definition) is 5. The molecule has 3 heterocycles. The standard InChI is InChI=1S/C21H28N4O4/c26-19-6-8-25(19)18-5-1-4-17(13-18)22-20(27)21(28)24-7-2-3-16(15-24)14-23-9-11-29-12-10-23/h1,4-5,13,16H,2-3,6-12,14-15H2,(H,22,27)/t16-/m1/s1. The highest BCUT2D eigenvalue weighted by Crippen LogP contribution is 2.25. The van der Waals surface area contributed by atoms with Gasteiger partial charge in [0.15, 0.2) is 0 Å². The van der Waals surface area contributed by atoms with Crippen LogP contribution in [0.1, 0.15) is 19.3 Å². The number of ether oxygens (including phenoxy) is 1. The molecule has 3 aliphatic heterocycles. The molecule has 4 rings (SSSR count). The Morgan fingerprint density at radius 3 is 2.69 bits per heavy atom. The number of carbonyl (C=O) groups excluding carboxylic acids is 3. The highest BCUT2D eigenvalue weighted by molar-refractivity contribution is 6.39. The average molecular weight is 400 g/mol. The number of anilines is 2. The van der Waals surface area contributed by atoms with E-state index in [1.54, 1.807) is 28.0 Å². The van der Waals surface area contributed by atoms with Crippen molar-refractivity contribution in [2.45, 2.75) is 19.3 Å². The van der Waals surface area contributed by atoms with E-state index in [-0.39, 0.29) is 5.91 Å². The van der Waals surface area contributed by atoms with Crippen molar-refractivity contribution in [1.29, 1.82) is 0 Å². The van der Waals surface area contributed by atoms with Gasteiger partial charge in [-0.05, 0) is 37.0 Å². The maximum atomic E-state index is 12.7. The first-order chi connectivity index (χ1) is 14.1. The summed E-state index contributed by atoms with van der Waals surface area (Å²) in [6.07, 6.45) is 2.55. The number of nitrogens with zero attached hydrogens (tertiary/aromatic N) is 3. The van der Waals surface area contributed by atoms with Crippen LogP contribution in [-0.4, -0.2) is 80.0 Å². The van der Waals surface area contributed by atoms with Crippen LogP contribution in [0.2, 0.25) is 0 Å². The molecule has 0 radical (unpaired) electrons. The van der Waals surface area contributed by atoms with Gasteiger partial charge in [-0.25, -0.2) is 0 Å². The van der Waals surface area contributed by atoms with E-state index >= 15 is 0 Å². The fourth-order valence-corrected chi connectivity index (χ4v) is 4.22. The van der Waals surface area contributed by atoms with Gasteiger partial charge in [0.05, 0.1) is 13.2 Å². The maximum absolute atomic E-state index is 12.7. The van der Waals surface area contributed by atoms with Gasteiger partial charge in [-0.15, -0.1) is 0 Å². The molecule has 3 saturated heterocycles. The molecule has 0 saturated carbocycles. The molecule has 1 aromatic rings. The molecule has 1 aromatic carbocycles. The number of hydrogen-bond donors (Lipinski definition) is 1. The first-order valence-corrected chi connectivity index (χ1v) is 10.4. The summed E-state index contributed by atoms with van der Waals surface area (Å²) in [5, 5.41) is 2.70. The summed E-state index contributed by atoms with van der Waals surface area (Å²) in [7, 11) is 0. The van der Waals surface area contributed by atoms with Crippen molar-refractivity contribution >= 4 is 29.1 Å². The lowest BCUT2D eigenvalue weighted by atomic mass is 9.97. The van der Waals surface area contributed by atoms with E-state index in [0.717, 1.165) is 51.4 Å². The average Bonchev–Trinajstić information content (AvgIpc) is 2.73. The molecule has 0 aliphatic carbocycles. The Hall–Kier alpha value is -2.45. The number of likely N-dealkylation sites (tertiary alicyclic amines) is 1. The number of amides is 3. The number of benzene rings is 1. The molecular weight excluding hydrogens is 372 g/mol. The third kappa shape index (κ3) is 4.76. The molecule has 0 aromatic heterocycles. The zero-order valence-corrected chi connectivity index (χ0v) is 16.6. The number of piperidine rings is 1. The number of rotatable bonds is 4. The van der Waals surface area contributed by atoms with Gasteiger partial charge < -0.3 is 19.9 Å². The van der Waals surface area contributed by atoms with Crippen LogP contribution >= 0.6 is 0 Å². The molecule has 0 spiro atoms. The van der Waals surface area contributed by atoms with E-state index in [0.29, 0.717) is 37.7 Å². The van der Waals surface area contributed by atoms with Crippen LogP contribution in [0.5, 0.6) is 0 Å². The van der Waals surface area contributed by atoms with Gasteiger partial charge >= 0.3 is 11.8 Å². The van der Waals surface area contributed by atoms with Gasteiger partial charge in [0.1, 0.15) is 0 Å². The maximum Gasteiger partial charge on any atom is 0.313 e. The summed E-state index contributed by atoms with van der Waals surface area (Å²) in [4.78, 5) is 42.6. The molecule has 0 bridgehead atoms. The summed E-state index contributed by atoms with van der Waals surface area (Å²) >= 11 is 0. The molecule has 1 atom stereocenters. The second kappa shape index (κ2) is 8.92. The van der Waals surface area contributed by atoms with Gasteiger partial charge in [0.25, 0.3) is 0 Å². The third-order valence-corrected chi connectivity index (χ3v) is 5.89. The third-order valence-electron chi connectivity index (χ3n) is 5.89. The predicted molar refractivity (Wildman–Crippen MR) is 109 cm³/mol. The second-order valence-corrected chi connectivity index (χ2v) is 7.97. The molecule has 156 valence electrons. The van der Waals surface area contributed by atoms with Crippen LogP contribution < -0.4 is 10.2 Å². The highest BCUT2D eigenvalue weighted by atomic mass is 16.5. The van der Waals surface area contributed by atoms with E-state index in [1.165, 1.54) is 0 Å². The minimum Gasteiger partial charge on any atom is -0.379 e. The van der Waals surface area contributed by atoms with Crippen LogP contribution in [0.4, 0.5) is 11.4 Å². The van der Waals surface area contributed by atoms with E-state index in [4.69, 9.17) is 4.74 Å². The smallest absolute Gasteiger partial charge is 0.313 e. The highest BCUT2D eigenvalue weighted by Gasteiger charge is 2.30. The molecule has 8 nitrogen and oxygen atoms in total. The van der Waals surface area contributed by atoms with Crippen molar-refractivity contribution in [3.05, 3.63) is 24.3 Å². The minimum absolute atomic E-state index is 0.0733. The Labute approximate surface area is 170 Å². The molecular formula is C21H28N4O4.